The third-order valence-corrected chi connectivity index (χ3v) is 14.7. The van der Waals surface area contributed by atoms with Crippen molar-refractivity contribution >= 4 is 74.9 Å². The van der Waals surface area contributed by atoms with E-state index in [9.17, 15) is 0 Å². The highest BCUT2D eigenvalue weighted by Crippen LogP contribution is 2.54. The molecule has 0 atom stereocenters. The SMILES string of the molecule is CC1(C)c2cc(-n3c4ccc(-c5ccc(-c6ccccc6)cc5)cc4c4cc(-c5ccc6c(ccc7ccccc76)c5)ccc43)ccc2-c2ccc3sc4ccccc4c3c21. The van der Waals surface area contributed by atoms with Crippen LogP contribution in [0.25, 0.3) is 114 Å². The lowest BCUT2D eigenvalue weighted by Crippen LogP contribution is -2.15. The van der Waals surface area contributed by atoms with Crippen molar-refractivity contribution in [2.24, 2.45) is 0 Å². The summed E-state index contributed by atoms with van der Waals surface area (Å²) >= 11 is 1.91. The summed E-state index contributed by atoms with van der Waals surface area (Å²) in [7, 11) is 0. The Labute approximate surface area is 358 Å². The van der Waals surface area contributed by atoms with Crippen LogP contribution in [0.4, 0.5) is 0 Å². The molecule has 61 heavy (non-hydrogen) atoms. The fourth-order valence-electron chi connectivity index (χ4n) is 10.6. The fraction of sp³-hybridized carbons (Fsp3) is 0.0508. The third-order valence-electron chi connectivity index (χ3n) is 13.6. The zero-order valence-electron chi connectivity index (χ0n) is 33.9. The van der Waals surface area contributed by atoms with Gasteiger partial charge < -0.3 is 4.57 Å². The molecule has 0 unspecified atom stereocenters. The molecule has 10 aromatic carbocycles. The van der Waals surface area contributed by atoms with Crippen molar-refractivity contribution in [3.05, 3.63) is 211 Å². The van der Waals surface area contributed by atoms with Gasteiger partial charge in [0.1, 0.15) is 0 Å². The molecule has 0 fully saturated rings. The Morgan fingerprint density at radius 1 is 0.377 bits per heavy atom. The minimum absolute atomic E-state index is 0.170. The van der Waals surface area contributed by atoms with Gasteiger partial charge in [-0.3, -0.25) is 0 Å². The predicted octanol–water partition coefficient (Wildman–Crippen LogP) is 16.8. The summed E-state index contributed by atoms with van der Waals surface area (Å²) in [6.45, 7) is 4.85. The Kier molecular flexibility index (Phi) is 7.30. The summed E-state index contributed by atoms with van der Waals surface area (Å²) in [6, 6.07) is 74.7. The van der Waals surface area contributed by atoms with Crippen LogP contribution in [0.5, 0.6) is 0 Å². The van der Waals surface area contributed by atoms with Crippen molar-refractivity contribution in [1.82, 2.24) is 4.57 Å². The molecule has 0 saturated carbocycles. The average molecular weight is 794 g/mol. The van der Waals surface area contributed by atoms with Gasteiger partial charge in [0.2, 0.25) is 0 Å². The molecule has 2 heteroatoms. The Morgan fingerprint density at radius 3 is 1.74 bits per heavy atom. The van der Waals surface area contributed by atoms with Crippen LogP contribution in [0, 0.1) is 0 Å². The van der Waals surface area contributed by atoms with Crippen LogP contribution in [0.3, 0.4) is 0 Å². The Balaban J connectivity index is 0.992. The zero-order chi connectivity index (χ0) is 40.4. The third kappa shape index (κ3) is 5.13. The number of rotatable bonds is 4. The maximum atomic E-state index is 2.50. The molecule has 2 heterocycles. The molecule has 286 valence electrons. The number of nitrogens with zero attached hydrogens (tertiary/aromatic N) is 1. The van der Waals surface area contributed by atoms with Crippen molar-refractivity contribution in [2.75, 3.05) is 0 Å². The molecule has 1 aliphatic carbocycles. The number of benzene rings is 10. The predicted molar refractivity (Wildman–Crippen MR) is 263 cm³/mol. The van der Waals surface area contributed by atoms with Crippen molar-refractivity contribution in [3.8, 4) is 50.2 Å². The van der Waals surface area contributed by atoms with Gasteiger partial charge in [-0.25, -0.2) is 0 Å². The van der Waals surface area contributed by atoms with E-state index >= 15 is 0 Å². The van der Waals surface area contributed by atoms with Gasteiger partial charge in [0.05, 0.1) is 11.0 Å². The minimum atomic E-state index is -0.170. The van der Waals surface area contributed by atoms with Crippen molar-refractivity contribution in [3.63, 3.8) is 0 Å². The van der Waals surface area contributed by atoms with E-state index in [2.05, 4.69) is 219 Å². The van der Waals surface area contributed by atoms with Crippen molar-refractivity contribution in [1.29, 1.82) is 0 Å². The van der Waals surface area contributed by atoms with Crippen LogP contribution in [-0.2, 0) is 5.41 Å². The molecule has 1 nitrogen and oxygen atoms in total. The Bertz CT molecular complexity index is 3770. The Morgan fingerprint density at radius 2 is 0.951 bits per heavy atom. The standard InChI is InChI=1S/C59H39NS/c1-59(2)52-35-44(25-27-47(52)48-28-31-56-57(58(48)59)49-14-8-9-15-55(49)61-56)60-53-29-23-41(38-18-16-37(17-19-38)36-10-4-3-5-11-36)33-50(53)51-34-42(24-30-54(51)60)40-22-26-46-43(32-40)21-20-39-12-6-7-13-45(39)46/h3-35H,1-2H3. The van der Waals surface area contributed by atoms with Crippen LogP contribution in [0.1, 0.15) is 25.0 Å². The molecule has 0 amide bonds. The van der Waals surface area contributed by atoms with Gasteiger partial charge in [-0.15, -0.1) is 11.3 Å². The highest BCUT2D eigenvalue weighted by atomic mass is 32.1. The number of hydrogen-bond acceptors (Lipinski definition) is 1. The fourth-order valence-corrected chi connectivity index (χ4v) is 11.7. The van der Waals surface area contributed by atoms with Gasteiger partial charge in [-0.2, -0.15) is 0 Å². The summed E-state index contributed by atoms with van der Waals surface area (Å²) < 4.78 is 5.22. The number of thiophene rings is 1. The number of aromatic nitrogens is 1. The van der Waals surface area contributed by atoms with Gasteiger partial charge in [-0.05, 0) is 132 Å². The second-order valence-electron chi connectivity index (χ2n) is 17.3. The minimum Gasteiger partial charge on any atom is -0.309 e. The lowest BCUT2D eigenvalue weighted by Gasteiger charge is -2.23. The second-order valence-corrected chi connectivity index (χ2v) is 18.4. The second kappa shape index (κ2) is 12.9. The molecule has 1 aliphatic rings. The van der Waals surface area contributed by atoms with Gasteiger partial charge in [0, 0.05) is 42.0 Å². The van der Waals surface area contributed by atoms with Crippen LogP contribution in [0.2, 0.25) is 0 Å². The number of hydrogen-bond donors (Lipinski definition) is 0. The van der Waals surface area contributed by atoms with Crippen LogP contribution >= 0.6 is 11.3 Å². The number of fused-ring (bicyclic) bond motifs is 13. The van der Waals surface area contributed by atoms with E-state index in [-0.39, 0.29) is 5.41 Å². The van der Waals surface area contributed by atoms with E-state index in [1.165, 1.54) is 125 Å². The van der Waals surface area contributed by atoms with Gasteiger partial charge in [-0.1, -0.05) is 159 Å². The first kappa shape index (κ1) is 34.6. The van der Waals surface area contributed by atoms with Crippen LogP contribution in [0.15, 0.2) is 200 Å². The van der Waals surface area contributed by atoms with Crippen LogP contribution in [-0.4, -0.2) is 4.57 Å². The molecule has 0 N–H and O–H groups in total. The molecular formula is C59H39NS. The lowest BCUT2D eigenvalue weighted by atomic mass is 9.80. The molecule has 0 saturated heterocycles. The molecule has 0 bridgehead atoms. The molecule has 2 aromatic heterocycles. The van der Waals surface area contributed by atoms with E-state index in [1.807, 2.05) is 11.3 Å². The average Bonchev–Trinajstić information content (AvgIpc) is 3.93. The maximum Gasteiger partial charge on any atom is 0.0541 e. The first-order valence-corrected chi connectivity index (χ1v) is 22.1. The summed E-state index contributed by atoms with van der Waals surface area (Å²) in [5.74, 6) is 0. The monoisotopic (exact) mass is 793 g/mol. The first-order chi connectivity index (χ1) is 30.0. The Hall–Kier alpha value is -7.26. The van der Waals surface area contributed by atoms with E-state index in [4.69, 9.17) is 0 Å². The molecule has 13 rings (SSSR count). The molecular weight excluding hydrogens is 755 g/mol. The summed E-state index contributed by atoms with van der Waals surface area (Å²) in [6.07, 6.45) is 0. The quantitative estimate of drug-likeness (QED) is 0.156. The summed E-state index contributed by atoms with van der Waals surface area (Å²) in [5.41, 5.74) is 16.3. The van der Waals surface area contributed by atoms with E-state index < -0.39 is 0 Å². The van der Waals surface area contributed by atoms with E-state index in [0.29, 0.717) is 0 Å². The van der Waals surface area contributed by atoms with Gasteiger partial charge >= 0.3 is 0 Å². The maximum absolute atomic E-state index is 2.50. The topological polar surface area (TPSA) is 4.93 Å². The highest BCUT2D eigenvalue weighted by molar-refractivity contribution is 7.25. The largest absolute Gasteiger partial charge is 0.309 e. The molecule has 12 aromatic rings. The molecule has 0 spiro atoms. The lowest BCUT2D eigenvalue weighted by molar-refractivity contribution is 0.666. The molecule has 0 aliphatic heterocycles. The highest BCUT2D eigenvalue weighted by Gasteiger charge is 2.38. The molecule has 0 radical (unpaired) electrons. The smallest absolute Gasteiger partial charge is 0.0541 e. The summed E-state index contributed by atoms with van der Waals surface area (Å²) in [4.78, 5) is 0. The van der Waals surface area contributed by atoms with Crippen molar-refractivity contribution < 1.29 is 0 Å². The van der Waals surface area contributed by atoms with E-state index in [0.717, 1.165) is 0 Å². The van der Waals surface area contributed by atoms with Crippen LogP contribution < -0.4 is 0 Å². The summed E-state index contributed by atoms with van der Waals surface area (Å²) in [5, 5.41) is 10.4. The van der Waals surface area contributed by atoms with Gasteiger partial charge in [0.25, 0.3) is 0 Å². The zero-order valence-corrected chi connectivity index (χ0v) is 34.7. The van der Waals surface area contributed by atoms with E-state index in [1.54, 1.807) is 0 Å². The van der Waals surface area contributed by atoms with Crippen molar-refractivity contribution in [2.45, 2.75) is 19.3 Å². The van der Waals surface area contributed by atoms with Gasteiger partial charge in [0.15, 0.2) is 0 Å². The normalized spacial score (nSPS) is 13.2. The first-order valence-electron chi connectivity index (χ1n) is 21.2.